The molecular weight excluding hydrogens is 220 g/mol. The number of rotatable bonds is 2. The number of carbonyl (C=O) groups is 1. The second-order valence-corrected chi connectivity index (χ2v) is 5.32. The van der Waals surface area contributed by atoms with Crippen molar-refractivity contribution < 1.29 is 14.3 Å². The van der Waals surface area contributed by atoms with Crippen molar-refractivity contribution >= 4 is 5.91 Å². The number of hydrogen-bond acceptors (Lipinski definition) is 4. The Morgan fingerprint density at radius 3 is 2.94 bits per heavy atom. The third-order valence-electron chi connectivity index (χ3n) is 3.89. The molecule has 3 heterocycles. The van der Waals surface area contributed by atoms with E-state index in [9.17, 15) is 4.79 Å². The lowest BCUT2D eigenvalue weighted by atomic mass is 10.0. The van der Waals surface area contributed by atoms with Crippen molar-refractivity contribution in [3.05, 3.63) is 0 Å². The standard InChI is InChI=1S/C12H20N2O3/c15-11-6-10(7-13-11)8-14-3-1-2-12(9-14)16-4-5-17-12/h10H,1-9H2,(H,13,15). The fourth-order valence-corrected chi connectivity index (χ4v) is 3.12. The van der Waals surface area contributed by atoms with Gasteiger partial charge in [-0.05, 0) is 18.9 Å². The predicted octanol–water partition coefficient (Wildman–Crippen LogP) is -0.0386. The normalized spacial score (nSPS) is 33.2. The molecule has 0 aromatic heterocycles. The summed E-state index contributed by atoms with van der Waals surface area (Å²) in [6.07, 6.45) is 2.80. The van der Waals surface area contributed by atoms with E-state index in [-0.39, 0.29) is 11.7 Å². The van der Waals surface area contributed by atoms with E-state index in [2.05, 4.69) is 10.2 Å². The number of likely N-dealkylation sites (tertiary alicyclic amines) is 1. The van der Waals surface area contributed by atoms with Gasteiger partial charge in [0.15, 0.2) is 5.79 Å². The predicted molar refractivity (Wildman–Crippen MR) is 61.4 cm³/mol. The van der Waals surface area contributed by atoms with Gasteiger partial charge < -0.3 is 14.8 Å². The molecule has 96 valence electrons. The largest absolute Gasteiger partial charge is 0.356 e. The quantitative estimate of drug-likeness (QED) is 0.736. The van der Waals surface area contributed by atoms with Crippen LogP contribution in [0, 0.1) is 5.92 Å². The summed E-state index contributed by atoms with van der Waals surface area (Å²) in [7, 11) is 0. The van der Waals surface area contributed by atoms with Gasteiger partial charge in [0.1, 0.15) is 0 Å². The van der Waals surface area contributed by atoms with E-state index in [1.54, 1.807) is 0 Å². The van der Waals surface area contributed by atoms with Crippen LogP contribution in [0.4, 0.5) is 0 Å². The monoisotopic (exact) mass is 240 g/mol. The summed E-state index contributed by atoms with van der Waals surface area (Å²) < 4.78 is 11.5. The molecule has 17 heavy (non-hydrogen) atoms. The first kappa shape index (κ1) is 11.4. The molecule has 1 unspecified atom stereocenters. The molecular formula is C12H20N2O3. The molecule has 0 saturated carbocycles. The Labute approximate surface area is 101 Å². The van der Waals surface area contributed by atoms with Crippen molar-refractivity contribution in [2.24, 2.45) is 5.92 Å². The number of piperidine rings is 1. The SMILES string of the molecule is O=C1CC(CN2CCCC3(C2)OCCO3)CN1. The van der Waals surface area contributed by atoms with E-state index >= 15 is 0 Å². The summed E-state index contributed by atoms with van der Waals surface area (Å²) in [5, 5.41) is 2.89. The van der Waals surface area contributed by atoms with Crippen LogP contribution in [-0.4, -0.2) is 56.0 Å². The Morgan fingerprint density at radius 2 is 2.24 bits per heavy atom. The minimum absolute atomic E-state index is 0.190. The first-order chi connectivity index (χ1) is 8.26. The van der Waals surface area contributed by atoms with Crippen LogP contribution in [0.15, 0.2) is 0 Å². The average molecular weight is 240 g/mol. The lowest BCUT2D eigenvalue weighted by Gasteiger charge is -2.39. The Hall–Kier alpha value is -0.650. The van der Waals surface area contributed by atoms with Gasteiger partial charge in [0.05, 0.1) is 19.8 Å². The van der Waals surface area contributed by atoms with Crippen molar-refractivity contribution in [3.63, 3.8) is 0 Å². The number of hydrogen-bond donors (Lipinski definition) is 1. The number of ether oxygens (including phenoxy) is 2. The molecule has 1 atom stereocenters. The van der Waals surface area contributed by atoms with Crippen LogP contribution in [0.5, 0.6) is 0 Å². The lowest BCUT2D eigenvalue weighted by Crippen LogP contribution is -2.50. The summed E-state index contributed by atoms with van der Waals surface area (Å²) >= 11 is 0. The Balaban J connectivity index is 1.55. The average Bonchev–Trinajstić information content (AvgIpc) is 2.89. The maximum Gasteiger partial charge on any atom is 0.220 e. The summed E-state index contributed by atoms with van der Waals surface area (Å²) in [4.78, 5) is 13.6. The molecule has 1 amide bonds. The summed E-state index contributed by atoms with van der Waals surface area (Å²) in [5.74, 6) is 0.308. The van der Waals surface area contributed by atoms with Crippen molar-refractivity contribution in [1.82, 2.24) is 10.2 Å². The van der Waals surface area contributed by atoms with Gasteiger partial charge in [0.25, 0.3) is 0 Å². The molecule has 3 aliphatic heterocycles. The summed E-state index contributed by atoms with van der Waals surface area (Å²) in [5.41, 5.74) is 0. The van der Waals surface area contributed by atoms with Gasteiger partial charge in [-0.3, -0.25) is 9.69 Å². The molecule has 0 aliphatic carbocycles. The zero-order chi connectivity index (χ0) is 11.7. The third-order valence-corrected chi connectivity index (χ3v) is 3.89. The van der Waals surface area contributed by atoms with Crippen LogP contribution in [0.2, 0.25) is 0 Å². The van der Waals surface area contributed by atoms with E-state index < -0.39 is 0 Å². The summed E-state index contributed by atoms with van der Waals surface area (Å²) in [6, 6.07) is 0. The number of amides is 1. The molecule has 0 radical (unpaired) electrons. The maximum atomic E-state index is 11.2. The number of carbonyl (C=O) groups excluding carboxylic acids is 1. The molecule has 3 aliphatic rings. The molecule has 3 fully saturated rings. The minimum Gasteiger partial charge on any atom is -0.356 e. The second kappa shape index (κ2) is 4.55. The molecule has 0 aromatic carbocycles. The van der Waals surface area contributed by atoms with Gasteiger partial charge in [-0.25, -0.2) is 0 Å². The fraction of sp³-hybridized carbons (Fsp3) is 0.917. The van der Waals surface area contributed by atoms with Crippen molar-refractivity contribution in [2.75, 3.05) is 39.4 Å². The second-order valence-electron chi connectivity index (χ2n) is 5.32. The van der Waals surface area contributed by atoms with Crippen LogP contribution in [-0.2, 0) is 14.3 Å². The van der Waals surface area contributed by atoms with Crippen LogP contribution in [0.25, 0.3) is 0 Å². The van der Waals surface area contributed by atoms with Gasteiger partial charge in [0, 0.05) is 25.9 Å². The number of nitrogens with one attached hydrogen (secondary N) is 1. The molecule has 3 rings (SSSR count). The Kier molecular flexibility index (Phi) is 3.06. The van der Waals surface area contributed by atoms with Gasteiger partial charge in [-0.15, -0.1) is 0 Å². The van der Waals surface area contributed by atoms with Gasteiger partial charge in [-0.1, -0.05) is 0 Å². The lowest BCUT2D eigenvalue weighted by molar-refractivity contribution is -0.190. The van der Waals surface area contributed by atoms with Crippen LogP contribution < -0.4 is 5.32 Å². The van der Waals surface area contributed by atoms with E-state index in [1.165, 1.54) is 0 Å². The Bertz CT molecular complexity index is 302. The Morgan fingerprint density at radius 1 is 1.41 bits per heavy atom. The minimum atomic E-state index is -0.339. The zero-order valence-electron chi connectivity index (χ0n) is 10.1. The van der Waals surface area contributed by atoms with E-state index in [4.69, 9.17) is 9.47 Å². The van der Waals surface area contributed by atoms with Crippen LogP contribution in [0.1, 0.15) is 19.3 Å². The first-order valence-corrected chi connectivity index (χ1v) is 6.53. The molecule has 0 bridgehead atoms. The number of nitrogens with zero attached hydrogens (tertiary/aromatic N) is 1. The maximum absolute atomic E-state index is 11.2. The van der Waals surface area contributed by atoms with E-state index in [0.717, 1.165) is 52.2 Å². The molecule has 1 spiro atoms. The topological polar surface area (TPSA) is 50.8 Å². The molecule has 3 saturated heterocycles. The van der Waals surface area contributed by atoms with Gasteiger partial charge >= 0.3 is 0 Å². The third kappa shape index (κ3) is 2.46. The molecule has 0 aromatic rings. The van der Waals surface area contributed by atoms with E-state index in [0.29, 0.717) is 12.3 Å². The highest BCUT2D eigenvalue weighted by Gasteiger charge is 2.41. The van der Waals surface area contributed by atoms with Gasteiger partial charge in [0.2, 0.25) is 5.91 Å². The molecule has 5 heteroatoms. The van der Waals surface area contributed by atoms with Crippen molar-refractivity contribution in [2.45, 2.75) is 25.0 Å². The van der Waals surface area contributed by atoms with Crippen LogP contribution >= 0.6 is 0 Å². The highest BCUT2D eigenvalue weighted by Crippen LogP contribution is 2.30. The highest BCUT2D eigenvalue weighted by molar-refractivity contribution is 5.78. The van der Waals surface area contributed by atoms with Crippen molar-refractivity contribution in [1.29, 1.82) is 0 Å². The van der Waals surface area contributed by atoms with Crippen molar-refractivity contribution in [3.8, 4) is 0 Å². The van der Waals surface area contributed by atoms with E-state index in [1.807, 2.05) is 0 Å². The smallest absolute Gasteiger partial charge is 0.220 e. The van der Waals surface area contributed by atoms with Crippen LogP contribution in [0.3, 0.4) is 0 Å². The molecule has 5 nitrogen and oxygen atoms in total. The highest BCUT2D eigenvalue weighted by atomic mass is 16.7. The fourth-order valence-electron chi connectivity index (χ4n) is 3.12. The summed E-state index contributed by atoms with van der Waals surface area (Å²) in [6.45, 7) is 5.20. The first-order valence-electron chi connectivity index (χ1n) is 6.53. The van der Waals surface area contributed by atoms with Gasteiger partial charge in [-0.2, -0.15) is 0 Å². The zero-order valence-corrected chi connectivity index (χ0v) is 10.1. The molecule has 1 N–H and O–H groups in total.